The summed E-state index contributed by atoms with van der Waals surface area (Å²) in [5.41, 5.74) is 2.71. The molecule has 0 N–H and O–H groups in total. The minimum atomic E-state index is -0.406. The number of hydrogen-bond donors (Lipinski definition) is 0. The van der Waals surface area contributed by atoms with Gasteiger partial charge < -0.3 is 9.80 Å². The van der Waals surface area contributed by atoms with Gasteiger partial charge in [-0.25, -0.2) is 9.38 Å². The Labute approximate surface area is 231 Å². The second-order valence-corrected chi connectivity index (χ2v) is 9.92. The zero-order valence-electron chi connectivity index (χ0n) is 22.2. The van der Waals surface area contributed by atoms with E-state index in [0.29, 0.717) is 49.2 Å². The summed E-state index contributed by atoms with van der Waals surface area (Å²) >= 11 is 0. The van der Waals surface area contributed by atoms with Gasteiger partial charge in [-0.15, -0.1) is 10.2 Å². The van der Waals surface area contributed by atoms with Crippen LogP contribution in [0.25, 0.3) is 27.9 Å². The van der Waals surface area contributed by atoms with Gasteiger partial charge in [0.05, 0.1) is 21.9 Å². The highest BCUT2D eigenvalue weighted by molar-refractivity contribution is 5.93. The third-order valence-corrected chi connectivity index (χ3v) is 7.57. The summed E-state index contributed by atoms with van der Waals surface area (Å²) < 4.78 is 1.82. The largest absolute Gasteiger partial charge is 0.340 e. The minimum Gasteiger partial charge on any atom is -0.340 e. The van der Waals surface area contributed by atoms with E-state index in [1.807, 2.05) is 70.8 Å². The van der Waals surface area contributed by atoms with E-state index in [2.05, 4.69) is 15.1 Å². The van der Waals surface area contributed by atoms with Gasteiger partial charge >= 0.3 is 0 Å². The summed E-state index contributed by atoms with van der Waals surface area (Å²) in [4.78, 5) is 34.2. The average molecular weight is 536 g/mol. The van der Waals surface area contributed by atoms with Crippen LogP contribution in [0, 0.1) is 10.1 Å². The van der Waals surface area contributed by atoms with Crippen LogP contribution in [0.1, 0.15) is 31.2 Å². The third kappa shape index (κ3) is 4.51. The maximum absolute atomic E-state index is 13.6. The monoisotopic (exact) mass is 535 g/mol. The molecule has 0 bridgehead atoms. The summed E-state index contributed by atoms with van der Waals surface area (Å²) in [5, 5.41) is 21.6. The molecule has 10 heteroatoms. The van der Waals surface area contributed by atoms with Crippen molar-refractivity contribution in [3.63, 3.8) is 0 Å². The van der Waals surface area contributed by atoms with E-state index in [-0.39, 0.29) is 17.5 Å². The fourth-order valence-corrected chi connectivity index (χ4v) is 5.57. The van der Waals surface area contributed by atoms with Crippen molar-refractivity contribution in [2.75, 3.05) is 31.1 Å². The van der Waals surface area contributed by atoms with Crippen molar-refractivity contribution in [2.24, 2.45) is 0 Å². The molecule has 0 radical (unpaired) electrons. The molecule has 1 aliphatic heterocycles. The number of fused-ring (bicyclic) bond motifs is 3. The van der Waals surface area contributed by atoms with Gasteiger partial charge in [-0.1, -0.05) is 61.5 Å². The zero-order valence-corrected chi connectivity index (χ0v) is 22.2. The maximum Gasteiger partial charge on any atom is 0.280 e. The maximum atomic E-state index is 13.6. The number of anilines is 1. The van der Waals surface area contributed by atoms with E-state index in [4.69, 9.17) is 4.98 Å². The van der Waals surface area contributed by atoms with Crippen LogP contribution in [0.5, 0.6) is 0 Å². The summed E-state index contributed by atoms with van der Waals surface area (Å²) in [7, 11) is 0. The molecule has 5 aromatic rings. The molecule has 1 saturated heterocycles. The molecule has 0 aliphatic carbocycles. The normalized spacial score (nSPS) is 14.8. The number of rotatable bonds is 6. The quantitative estimate of drug-likeness (QED) is 0.220. The number of nitro benzene ring substituents is 1. The van der Waals surface area contributed by atoms with Crippen LogP contribution < -0.4 is 4.90 Å². The molecule has 3 heterocycles. The summed E-state index contributed by atoms with van der Waals surface area (Å²) in [6, 6.07) is 24.2. The van der Waals surface area contributed by atoms with Crippen LogP contribution in [0.3, 0.4) is 0 Å². The Balaban J connectivity index is 1.40. The first-order valence-corrected chi connectivity index (χ1v) is 13.5. The second-order valence-electron chi connectivity index (χ2n) is 9.92. The lowest BCUT2D eigenvalue weighted by molar-refractivity contribution is -0.384. The molecular weight excluding hydrogens is 506 g/mol. The first kappa shape index (κ1) is 25.4. The lowest BCUT2D eigenvalue weighted by atomic mass is 9.95. The predicted octanol–water partition coefficient (Wildman–Crippen LogP) is 5.09. The van der Waals surface area contributed by atoms with E-state index < -0.39 is 4.92 Å². The van der Waals surface area contributed by atoms with Crippen molar-refractivity contribution in [3.8, 4) is 11.4 Å². The van der Waals surface area contributed by atoms with Gasteiger partial charge in [-0.05, 0) is 36.6 Å². The summed E-state index contributed by atoms with van der Waals surface area (Å²) in [5.74, 6) is 0.928. The molecule has 1 aliphatic rings. The van der Waals surface area contributed by atoms with Crippen LogP contribution in [0.2, 0.25) is 0 Å². The smallest absolute Gasteiger partial charge is 0.280 e. The number of nitrogens with zero attached hydrogens (tertiary/aromatic N) is 7. The predicted molar refractivity (Wildman–Crippen MR) is 153 cm³/mol. The standard InChI is InChI=1S/C30H29N7O3/c1-2-22(21-11-4-3-5-12-21)29(38)34-17-10-18-35(20-19-34)30-31-25-15-8-6-13-23(25)27-32-33-28(36(27)30)24-14-7-9-16-26(24)37(39)40/h3-9,11-16,22H,2,10,17-20H2,1H3/t22-/m1/s1. The number of amides is 1. The van der Waals surface area contributed by atoms with Crippen molar-refractivity contribution in [1.82, 2.24) is 24.5 Å². The number of benzene rings is 3. The molecule has 10 nitrogen and oxygen atoms in total. The van der Waals surface area contributed by atoms with Crippen LogP contribution in [-0.4, -0.2) is 61.5 Å². The topological polar surface area (TPSA) is 110 Å². The van der Waals surface area contributed by atoms with Gasteiger partial charge in [0.2, 0.25) is 11.9 Å². The third-order valence-electron chi connectivity index (χ3n) is 7.57. The Kier molecular flexibility index (Phi) is 6.81. The molecule has 3 aromatic carbocycles. The molecule has 0 spiro atoms. The molecule has 0 unspecified atom stereocenters. The fourth-order valence-electron chi connectivity index (χ4n) is 5.57. The minimum absolute atomic E-state index is 0.0462. The Hall–Kier alpha value is -4.86. The number of aromatic nitrogens is 4. The molecule has 1 amide bonds. The highest BCUT2D eigenvalue weighted by Crippen LogP contribution is 2.33. The lowest BCUT2D eigenvalue weighted by Crippen LogP contribution is -2.38. The number of nitro groups is 1. The first-order chi connectivity index (χ1) is 19.6. The van der Waals surface area contributed by atoms with E-state index in [0.717, 1.165) is 29.3 Å². The van der Waals surface area contributed by atoms with Crippen molar-refractivity contribution in [2.45, 2.75) is 25.7 Å². The van der Waals surface area contributed by atoms with Gasteiger partial charge in [0.25, 0.3) is 5.69 Å². The van der Waals surface area contributed by atoms with Gasteiger partial charge in [-0.2, -0.15) is 0 Å². The molecule has 6 rings (SSSR count). The fraction of sp³-hybridized carbons (Fsp3) is 0.267. The molecule has 2 aromatic heterocycles. The van der Waals surface area contributed by atoms with Crippen molar-refractivity contribution < 1.29 is 9.72 Å². The van der Waals surface area contributed by atoms with Gasteiger partial charge in [0, 0.05) is 37.6 Å². The van der Waals surface area contributed by atoms with Gasteiger partial charge in [0.15, 0.2) is 11.5 Å². The zero-order chi connectivity index (χ0) is 27.6. The second kappa shape index (κ2) is 10.7. The van der Waals surface area contributed by atoms with Crippen molar-refractivity contribution in [3.05, 3.63) is 94.5 Å². The molecule has 40 heavy (non-hydrogen) atoms. The molecular formula is C30H29N7O3. The van der Waals surface area contributed by atoms with E-state index in [1.165, 1.54) is 6.07 Å². The van der Waals surface area contributed by atoms with Crippen LogP contribution >= 0.6 is 0 Å². The Morgan fingerprint density at radius 3 is 2.48 bits per heavy atom. The molecule has 202 valence electrons. The van der Waals surface area contributed by atoms with Crippen molar-refractivity contribution in [1.29, 1.82) is 0 Å². The van der Waals surface area contributed by atoms with Crippen LogP contribution in [-0.2, 0) is 4.79 Å². The van der Waals surface area contributed by atoms with E-state index >= 15 is 0 Å². The Morgan fingerprint density at radius 2 is 1.68 bits per heavy atom. The SMILES string of the molecule is CC[C@@H](C(=O)N1CCCN(c2nc3ccccc3c3nnc(-c4ccccc4[N+](=O)[O-])n23)CC1)c1ccccc1. The summed E-state index contributed by atoms with van der Waals surface area (Å²) in [6.07, 6.45) is 1.49. The van der Waals surface area contributed by atoms with Gasteiger partial charge in [-0.3, -0.25) is 14.9 Å². The highest BCUT2D eigenvalue weighted by Gasteiger charge is 2.29. The highest BCUT2D eigenvalue weighted by atomic mass is 16.6. The Bertz CT molecular complexity index is 1700. The number of carbonyl (C=O) groups excluding carboxylic acids is 1. The van der Waals surface area contributed by atoms with Crippen molar-refractivity contribution >= 4 is 34.1 Å². The molecule has 1 fully saturated rings. The number of carbonyl (C=O) groups is 1. The summed E-state index contributed by atoms with van der Waals surface area (Å²) in [6.45, 7) is 4.47. The molecule has 0 saturated carbocycles. The van der Waals surface area contributed by atoms with Gasteiger partial charge in [0.1, 0.15) is 0 Å². The number of para-hydroxylation sites is 2. The van der Waals surface area contributed by atoms with Crippen LogP contribution in [0.4, 0.5) is 11.6 Å². The lowest BCUT2D eigenvalue weighted by Gasteiger charge is -2.27. The first-order valence-electron chi connectivity index (χ1n) is 13.5. The average Bonchev–Trinajstić information content (AvgIpc) is 3.29. The number of hydrogen-bond acceptors (Lipinski definition) is 7. The van der Waals surface area contributed by atoms with E-state index in [9.17, 15) is 14.9 Å². The Morgan fingerprint density at radius 1 is 0.925 bits per heavy atom. The molecule has 1 atom stereocenters. The van der Waals surface area contributed by atoms with E-state index in [1.54, 1.807) is 18.2 Å². The van der Waals surface area contributed by atoms with Crippen LogP contribution in [0.15, 0.2) is 78.9 Å².